The van der Waals surface area contributed by atoms with E-state index in [1.807, 2.05) is 0 Å². The van der Waals surface area contributed by atoms with Crippen LogP contribution in [0.3, 0.4) is 0 Å². The number of halogens is 2. The smallest absolute Gasteiger partial charge is 0.204 e. The Balaban J connectivity index is 1.54. The highest BCUT2D eigenvalue weighted by atomic mass is 19.2. The van der Waals surface area contributed by atoms with E-state index in [2.05, 4.69) is 0 Å². The summed E-state index contributed by atoms with van der Waals surface area (Å²) < 4.78 is 49.6. The highest BCUT2D eigenvalue weighted by Gasteiger charge is 2.40. The van der Waals surface area contributed by atoms with E-state index < -0.39 is 17.4 Å². The summed E-state index contributed by atoms with van der Waals surface area (Å²) in [6, 6.07) is 2.81. The summed E-state index contributed by atoms with van der Waals surface area (Å²) in [5.74, 6) is -2.27. The highest BCUT2D eigenvalue weighted by molar-refractivity contribution is 5.35. The second-order valence-electron chi connectivity index (χ2n) is 5.98. The van der Waals surface area contributed by atoms with Crippen LogP contribution in [0.15, 0.2) is 12.1 Å². The molecule has 1 saturated heterocycles. The van der Waals surface area contributed by atoms with Crippen molar-refractivity contribution in [3.8, 4) is 11.5 Å². The van der Waals surface area contributed by atoms with Crippen LogP contribution in [0, 0.1) is 17.6 Å². The van der Waals surface area contributed by atoms with E-state index in [4.69, 9.17) is 18.9 Å². The molecule has 0 amide bonds. The first-order valence-corrected chi connectivity index (χ1v) is 8.15. The van der Waals surface area contributed by atoms with Gasteiger partial charge >= 0.3 is 0 Å². The van der Waals surface area contributed by atoms with Gasteiger partial charge in [-0.25, -0.2) is 0 Å². The average Bonchev–Trinajstić information content (AvgIpc) is 3.01. The van der Waals surface area contributed by atoms with Crippen LogP contribution >= 0.6 is 0 Å². The molecular formula is C17H22F2O4. The van der Waals surface area contributed by atoms with Gasteiger partial charge in [-0.1, -0.05) is 0 Å². The number of hydrogen-bond acceptors (Lipinski definition) is 4. The number of ether oxygens (including phenoxy) is 4. The Morgan fingerprint density at radius 2 is 1.61 bits per heavy atom. The zero-order valence-electron chi connectivity index (χ0n) is 13.3. The molecule has 1 aliphatic heterocycles. The molecule has 0 unspecified atom stereocenters. The van der Waals surface area contributed by atoms with Gasteiger partial charge in [0.15, 0.2) is 17.3 Å². The molecule has 1 spiro atoms. The maximum absolute atomic E-state index is 14.0. The van der Waals surface area contributed by atoms with Gasteiger partial charge in [0, 0.05) is 12.8 Å². The lowest BCUT2D eigenvalue weighted by molar-refractivity contribution is -0.183. The first-order chi connectivity index (χ1) is 11.1. The first kappa shape index (κ1) is 16.5. The first-order valence-electron chi connectivity index (χ1n) is 8.15. The Morgan fingerprint density at radius 3 is 2.17 bits per heavy atom. The van der Waals surface area contributed by atoms with E-state index in [0.29, 0.717) is 25.7 Å². The molecule has 1 heterocycles. The van der Waals surface area contributed by atoms with Crippen molar-refractivity contribution in [2.45, 2.75) is 38.4 Å². The topological polar surface area (TPSA) is 36.9 Å². The summed E-state index contributed by atoms with van der Waals surface area (Å²) in [5, 5.41) is 0. The third-order valence-electron chi connectivity index (χ3n) is 4.47. The molecule has 1 aliphatic carbocycles. The normalized spacial score (nSPS) is 20.8. The van der Waals surface area contributed by atoms with Gasteiger partial charge in [-0.05, 0) is 37.8 Å². The van der Waals surface area contributed by atoms with Crippen LogP contribution in [0.2, 0.25) is 0 Å². The number of benzene rings is 1. The standard InChI is InChI=1S/C17H22F2O4/c1-2-20-13-3-4-14(16(19)15(13)18)21-11-12-5-7-17(8-6-12)22-9-10-23-17/h3-4,12H,2,5-11H2,1H3. The van der Waals surface area contributed by atoms with Gasteiger partial charge in [0.2, 0.25) is 11.6 Å². The molecule has 1 aromatic carbocycles. The van der Waals surface area contributed by atoms with Gasteiger partial charge in [0.25, 0.3) is 0 Å². The van der Waals surface area contributed by atoms with E-state index in [0.717, 1.165) is 25.7 Å². The summed E-state index contributed by atoms with van der Waals surface area (Å²) in [5.41, 5.74) is 0. The van der Waals surface area contributed by atoms with Crippen molar-refractivity contribution in [1.29, 1.82) is 0 Å². The van der Waals surface area contributed by atoms with Crippen LogP contribution in [0.5, 0.6) is 11.5 Å². The van der Waals surface area contributed by atoms with Crippen LogP contribution in [-0.2, 0) is 9.47 Å². The summed E-state index contributed by atoms with van der Waals surface area (Å²) in [6.07, 6.45) is 3.42. The Kier molecular flexibility index (Phi) is 5.02. The second kappa shape index (κ2) is 7.01. The zero-order valence-corrected chi connectivity index (χ0v) is 13.3. The maximum atomic E-state index is 14.0. The predicted octanol–water partition coefficient (Wildman–Crippen LogP) is 3.68. The molecule has 4 nitrogen and oxygen atoms in total. The summed E-state index contributed by atoms with van der Waals surface area (Å²) >= 11 is 0. The molecule has 0 aromatic heterocycles. The minimum Gasteiger partial charge on any atom is -0.491 e. The average molecular weight is 328 g/mol. The van der Waals surface area contributed by atoms with Crippen LogP contribution < -0.4 is 9.47 Å². The third-order valence-corrected chi connectivity index (χ3v) is 4.47. The van der Waals surface area contributed by atoms with Crippen molar-refractivity contribution in [2.75, 3.05) is 26.4 Å². The minimum absolute atomic E-state index is 0.0698. The lowest BCUT2D eigenvalue weighted by atomic mass is 9.85. The Morgan fingerprint density at radius 1 is 1.04 bits per heavy atom. The molecule has 1 saturated carbocycles. The van der Waals surface area contributed by atoms with Gasteiger partial charge < -0.3 is 18.9 Å². The zero-order chi connectivity index (χ0) is 16.3. The summed E-state index contributed by atoms with van der Waals surface area (Å²) in [4.78, 5) is 0. The number of rotatable bonds is 5. The summed E-state index contributed by atoms with van der Waals surface area (Å²) in [7, 11) is 0. The van der Waals surface area contributed by atoms with Crippen molar-refractivity contribution >= 4 is 0 Å². The van der Waals surface area contributed by atoms with Gasteiger partial charge in [0.05, 0.1) is 26.4 Å². The molecule has 2 aliphatic rings. The fraction of sp³-hybridized carbons (Fsp3) is 0.647. The van der Waals surface area contributed by atoms with Crippen molar-refractivity contribution in [3.05, 3.63) is 23.8 Å². The SMILES string of the molecule is CCOc1ccc(OCC2CCC3(CC2)OCCO3)c(F)c1F. The van der Waals surface area contributed by atoms with Crippen molar-refractivity contribution in [1.82, 2.24) is 0 Å². The van der Waals surface area contributed by atoms with Crippen LogP contribution in [0.1, 0.15) is 32.6 Å². The van der Waals surface area contributed by atoms with Gasteiger partial charge in [-0.3, -0.25) is 0 Å². The molecular weight excluding hydrogens is 306 g/mol. The predicted molar refractivity (Wildman–Crippen MR) is 79.6 cm³/mol. The molecule has 128 valence electrons. The largest absolute Gasteiger partial charge is 0.491 e. The Bertz CT molecular complexity index is 534. The highest BCUT2D eigenvalue weighted by Crippen LogP contribution is 2.38. The van der Waals surface area contributed by atoms with E-state index in [1.54, 1.807) is 6.92 Å². The van der Waals surface area contributed by atoms with Crippen molar-refractivity contribution < 1.29 is 27.7 Å². The maximum Gasteiger partial charge on any atom is 0.204 e. The van der Waals surface area contributed by atoms with Gasteiger partial charge in [-0.2, -0.15) is 8.78 Å². The molecule has 2 fully saturated rings. The fourth-order valence-electron chi connectivity index (χ4n) is 3.17. The third kappa shape index (κ3) is 3.58. The monoisotopic (exact) mass is 328 g/mol. The van der Waals surface area contributed by atoms with Crippen molar-refractivity contribution in [3.63, 3.8) is 0 Å². The van der Waals surface area contributed by atoms with Crippen molar-refractivity contribution in [2.24, 2.45) is 5.92 Å². The minimum atomic E-state index is -1.00. The quantitative estimate of drug-likeness (QED) is 0.826. The number of hydrogen-bond donors (Lipinski definition) is 0. The van der Waals surface area contributed by atoms with E-state index in [1.165, 1.54) is 12.1 Å². The molecule has 3 rings (SSSR count). The molecule has 0 bridgehead atoms. The molecule has 23 heavy (non-hydrogen) atoms. The molecule has 0 atom stereocenters. The fourth-order valence-corrected chi connectivity index (χ4v) is 3.17. The Hall–Kier alpha value is -1.40. The lowest BCUT2D eigenvalue weighted by Gasteiger charge is -2.35. The van der Waals surface area contributed by atoms with E-state index in [9.17, 15) is 8.78 Å². The molecule has 1 aromatic rings. The lowest BCUT2D eigenvalue weighted by Crippen LogP contribution is -2.36. The van der Waals surface area contributed by atoms with Gasteiger partial charge in [-0.15, -0.1) is 0 Å². The van der Waals surface area contributed by atoms with E-state index >= 15 is 0 Å². The Labute approximate surface area is 134 Å². The molecule has 6 heteroatoms. The second-order valence-corrected chi connectivity index (χ2v) is 5.98. The van der Waals surface area contributed by atoms with Gasteiger partial charge in [0.1, 0.15) is 0 Å². The summed E-state index contributed by atoms with van der Waals surface area (Å²) in [6.45, 7) is 3.66. The van der Waals surface area contributed by atoms with E-state index in [-0.39, 0.29) is 18.1 Å². The molecule has 0 N–H and O–H groups in total. The molecule has 0 radical (unpaired) electrons. The van der Waals surface area contributed by atoms with Crippen LogP contribution in [0.25, 0.3) is 0 Å². The van der Waals surface area contributed by atoms with Crippen LogP contribution in [-0.4, -0.2) is 32.2 Å². The van der Waals surface area contributed by atoms with Crippen LogP contribution in [0.4, 0.5) is 8.78 Å².